The lowest BCUT2D eigenvalue weighted by atomic mass is 10.2. The zero-order chi connectivity index (χ0) is 24.9. The lowest BCUT2D eigenvalue weighted by Gasteiger charge is -2.18. The largest absolute Gasteiger partial charge is 0.423 e. The van der Waals surface area contributed by atoms with Gasteiger partial charge in [-0.15, -0.1) is 0 Å². The first-order valence-electron chi connectivity index (χ1n) is 10.7. The molecular formula is C24H20N2O9. The zero-order valence-corrected chi connectivity index (χ0v) is 18.4. The van der Waals surface area contributed by atoms with Crippen LogP contribution in [0.25, 0.3) is 0 Å². The number of imide groups is 2. The quantitative estimate of drug-likeness (QED) is 0.313. The number of nitrogens with zero attached hydrogens (tertiary/aromatic N) is 2. The van der Waals surface area contributed by atoms with E-state index in [0.717, 1.165) is 9.80 Å². The Hall–Kier alpha value is -4.38. The van der Waals surface area contributed by atoms with Crippen LogP contribution < -0.4 is 19.3 Å². The van der Waals surface area contributed by atoms with Crippen molar-refractivity contribution in [3.05, 3.63) is 48.5 Å². The van der Waals surface area contributed by atoms with Gasteiger partial charge in [-0.3, -0.25) is 19.2 Å². The van der Waals surface area contributed by atoms with Gasteiger partial charge in [0.05, 0.1) is 11.4 Å². The predicted octanol–water partition coefficient (Wildman–Crippen LogP) is 1.52. The number of rotatable bonds is 8. The third-order valence-corrected chi connectivity index (χ3v) is 5.20. The molecule has 0 bridgehead atoms. The Bertz CT molecular complexity index is 1100. The van der Waals surface area contributed by atoms with Gasteiger partial charge in [0.1, 0.15) is 13.2 Å². The molecule has 0 unspecified atom stereocenters. The van der Waals surface area contributed by atoms with E-state index in [-0.39, 0.29) is 48.6 Å². The molecule has 0 radical (unpaired) electrons. The Morgan fingerprint density at radius 3 is 1.31 bits per heavy atom. The maximum Gasteiger partial charge on any atom is 0.337 e. The molecule has 11 heteroatoms. The molecule has 2 fully saturated rings. The molecule has 2 aromatic carbocycles. The maximum absolute atomic E-state index is 12.2. The van der Waals surface area contributed by atoms with Crippen molar-refractivity contribution in [2.75, 3.05) is 23.0 Å². The minimum absolute atomic E-state index is 0.00107. The summed E-state index contributed by atoms with van der Waals surface area (Å²) >= 11 is 0. The highest BCUT2D eigenvalue weighted by atomic mass is 16.6. The molecule has 35 heavy (non-hydrogen) atoms. The highest BCUT2D eigenvalue weighted by Gasteiger charge is 2.33. The zero-order valence-electron chi connectivity index (χ0n) is 18.4. The molecule has 0 aromatic heterocycles. The second-order valence-corrected chi connectivity index (χ2v) is 7.62. The van der Waals surface area contributed by atoms with Gasteiger partial charge in [-0.05, 0) is 24.3 Å². The fourth-order valence-electron chi connectivity index (χ4n) is 3.67. The van der Waals surface area contributed by atoms with E-state index >= 15 is 0 Å². The molecule has 0 atom stereocenters. The fourth-order valence-corrected chi connectivity index (χ4v) is 3.67. The van der Waals surface area contributed by atoms with Crippen molar-refractivity contribution in [3.63, 3.8) is 0 Å². The van der Waals surface area contributed by atoms with Gasteiger partial charge in [-0.2, -0.15) is 0 Å². The van der Waals surface area contributed by atoms with Gasteiger partial charge in [-0.25, -0.2) is 19.4 Å². The van der Waals surface area contributed by atoms with E-state index in [4.69, 9.17) is 14.2 Å². The van der Waals surface area contributed by atoms with Crippen LogP contribution in [0.5, 0.6) is 11.5 Å². The normalized spacial score (nSPS) is 15.7. The second-order valence-electron chi connectivity index (χ2n) is 7.62. The van der Waals surface area contributed by atoms with Gasteiger partial charge in [0.25, 0.3) is 0 Å². The lowest BCUT2D eigenvalue weighted by Crippen LogP contribution is -2.30. The van der Waals surface area contributed by atoms with Gasteiger partial charge in [0, 0.05) is 25.7 Å². The number of para-hydroxylation sites is 4. The number of amides is 4. The molecule has 2 saturated heterocycles. The van der Waals surface area contributed by atoms with E-state index in [2.05, 4.69) is 0 Å². The van der Waals surface area contributed by atoms with E-state index in [9.17, 15) is 28.8 Å². The average Bonchev–Trinajstić information content (AvgIpc) is 3.34. The Labute approximate surface area is 199 Å². The van der Waals surface area contributed by atoms with Crippen molar-refractivity contribution < 1.29 is 43.0 Å². The minimum atomic E-state index is -0.863. The Kier molecular flexibility index (Phi) is 6.97. The van der Waals surface area contributed by atoms with E-state index in [0.29, 0.717) is 0 Å². The van der Waals surface area contributed by atoms with Crippen LogP contribution in [0.3, 0.4) is 0 Å². The highest BCUT2D eigenvalue weighted by Crippen LogP contribution is 2.33. The number of hydrogen-bond donors (Lipinski definition) is 0. The fraction of sp³-hybridized carbons (Fsp3) is 0.250. The summed E-state index contributed by atoms with van der Waals surface area (Å²) in [4.78, 5) is 74.4. The van der Waals surface area contributed by atoms with Crippen molar-refractivity contribution in [2.24, 2.45) is 0 Å². The first-order valence-corrected chi connectivity index (χ1v) is 10.7. The van der Waals surface area contributed by atoms with Crippen LogP contribution in [0.4, 0.5) is 11.4 Å². The smallest absolute Gasteiger partial charge is 0.337 e. The van der Waals surface area contributed by atoms with E-state index in [1.807, 2.05) is 0 Å². The molecule has 11 nitrogen and oxygen atoms in total. The van der Waals surface area contributed by atoms with Crippen LogP contribution in [-0.2, 0) is 33.5 Å². The number of hydrogen-bond acceptors (Lipinski definition) is 9. The summed E-state index contributed by atoms with van der Waals surface area (Å²) in [5.74, 6) is -3.30. The Balaban J connectivity index is 1.32. The second kappa shape index (κ2) is 10.3. The third-order valence-electron chi connectivity index (χ3n) is 5.20. The molecule has 4 rings (SSSR count). The van der Waals surface area contributed by atoms with Crippen LogP contribution in [0.1, 0.15) is 25.7 Å². The number of ether oxygens (including phenoxy) is 3. The topological polar surface area (TPSA) is 137 Å². The molecule has 0 N–H and O–H groups in total. The summed E-state index contributed by atoms with van der Waals surface area (Å²) < 4.78 is 15.5. The van der Waals surface area contributed by atoms with Crippen LogP contribution in [0.15, 0.2) is 48.5 Å². The third kappa shape index (κ3) is 5.25. The summed E-state index contributed by atoms with van der Waals surface area (Å²) in [6, 6.07) is 12.2. The standard InChI is InChI=1S/C24H20N2O9/c27-19-9-10-20(28)25(19)15-5-1-3-7-17(15)34-23(31)13-33-14-24(32)35-18-8-4-2-6-16(18)26-21(29)11-12-22(26)30/h1-8H,9-14H2. The molecule has 2 aliphatic rings. The van der Waals surface area contributed by atoms with Crippen LogP contribution >= 0.6 is 0 Å². The molecule has 0 saturated carbocycles. The molecular weight excluding hydrogens is 460 g/mol. The summed E-state index contributed by atoms with van der Waals surface area (Å²) in [5.41, 5.74) is 0.297. The van der Waals surface area contributed by atoms with Crippen molar-refractivity contribution in [1.29, 1.82) is 0 Å². The average molecular weight is 480 g/mol. The lowest BCUT2D eigenvalue weighted by molar-refractivity contribution is -0.145. The van der Waals surface area contributed by atoms with Gasteiger partial charge in [0.2, 0.25) is 23.6 Å². The van der Waals surface area contributed by atoms with E-state index in [1.165, 1.54) is 24.3 Å². The first kappa shape index (κ1) is 23.8. The van der Waals surface area contributed by atoms with Crippen LogP contribution in [0.2, 0.25) is 0 Å². The molecule has 0 spiro atoms. The van der Waals surface area contributed by atoms with E-state index < -0.39 is 48.8 Å². The number of esters is 2. The van der Waals surface area contributed by atoms with E-state index in [1.54, 1.807) is 24.3 Å². The summed E-state index contributed by atoms with van der Waals surface area (Å²) in [6.45, 7) is -1.23. The molecule has 2 heterocycles. The van der Waals surface area contributed by atoms with Crippen molar-refractivity contribution >= 4 is 46.9 Å². The number of carbonyl (C=O) groups excluding carboxylic acids is 6. The molecule has 2 aliphatic heterocycles. The summed E-state index contributed by atoms with van der Waals surface area (Å²) in [7, 11) is 0. The molecule has 0 aliphatic carbocycles. The van der Waals surface area contributed by atoms with Crippen molar-refractivity contribution in [2.45, 2.75) is 25.7 Å². The number of carbonyl (C=O) groups is 6. The van der Waals surface area contributed by atoms with Crippen molar-refractivity contribution in [1.82, 2.24) is 0 Å². The predicted molar refractivity (Wildman–Crippen MR) is 118 cm³/mol. The van der Waals surface area contributed by atoms with Crippen molar-refractivity contribution in [3.8, 4) is 11.5 Å². The van der Waals surface area contributed by atoms with Crippen LogP contribution in [0, 0.1) is 0 Å². The number of benzene rings is 2. The number of anilines is 2. The molecule has 2 aromatic rings. The Morgan fingerprint density at radius 2 is 0.943 bits per heavy atom. The van der Waals surface area contributed by atoms with Gasteiger partial charge >= 0.3 is 11.9 Å². The summed E-state index contributed by atoms with van der Waals surface area (Å²) in [5, 5.41) is 0. The highest BCUT2D eigenvalue weighted by molar-refractivity contribution is 6.21. The summed E-state index contributed by atoms with van der Waals surface area (Å²) in [6.07, 6.45) is 0.316. The van der Waals surface area contributed by atoms with Gasteiger partial charge in [-0.1, -0.05) is 24.3 Å². The monoisotopic (exact) mass is 480 g/mol. The Morgan fingerprint density at radius 1 is 0.600 bits per heavy atom. The van der Waals surface area contributed by atoms with Crippen LogP contribution in [-0.4, -0.2) is 48.8 Å². The minimum Gasteiger partial charge on any atom is -0.423 e. The molecule has 180 valence electrons. The first-order chi connectivity index (χ1) is 16.8. The molecule has 4 amide bonds. The maximum atomic E-state index is 12.2. The SMILES string of the molecule is O=C(COCC(=O)Oc1ccccc1N1C(=O)CCC1=O)Oc1ccccc1N1C(=O)CCC1=O. The van der Waals surface area contributed by atoms with Gasteiger partial charge in [0.15, 0.2) is 11.5 Å². The van der Waals surface area contributed by atoms with Gasteiger partial charge < -0.3 is 14.2 Å².